The van der Waals surface area contributed by atoms with Crippen LogP contribution in [-0.2, 0) is 15.3 Å². The highest BCUT2D eigenvalue weighted by molar-refractivity contribution is 8.00. The van der Waals surface area contributed by atoms with E-state index in [0.717, 1.165) is 16.9 Å². The number of Topliss-reactive ketones (excluding diaryl/α,β-unsaturated/α-hetero) is 1. The minimum absolute atomic E-state index is 0.107. The van der Waals surface area contributed by atoms with Crippen LogP contribution in [0.25, 0.3) is 5.76 Å². The Kier molecular flexibility index (Phi) is 8.81. The van der Waals surface area contributed by atoms with Crippen LogP contribution in [0.4, 0.5) is 5.13 Å². The number of hydrogen-bond donors (Lipinski definition) is 1. The summed E-state index contributed by atoms with van der Waals surface area (Å²) in [6, 6.07) is 16.0. The molecule has 1 aromatic heterocycles. The van der Waals surface area contributed by atoms with Gasteiger partial charge in [0.1, 0.15) is 31.3 Å². The third kappa shape index (κ3) is 6.00. The van der Waals surface area contributed by atoms with E-state index in [4.69, 9.17) is 37.4 Å². The maximum absolute atomic E-state index is 13.6. The van der Waals surface area contributed by atoms with Crippen molar-refractivity contribution in [3.63, 3.8) is 0 Å². The van der Waals surface area contributed by atoms with Gasteiger partial charge < -0.3 is 19.3 Å². The first-order valence-corrected chi connectivity index (χ1v) is 15.8. The molecule has 3 heterocycles. The number of anilines is 1. The third-order valence-electron chi connectivity index (χ3n) is 6.77. The Labute approximate surface area is 270 Å². The molecule has 3 aromatic carbocycles. The summed E-state index contributed by atoms with van der Waals surface area (Å²) in [5.74, 6) is -0.132. The summed E-state index contributed by atoms with van der Waals surface area (Å²) in [6.07, 6.45) is 1.61. The number of aliphatic hydroxyl groups excluding tert-OH is 1. The number of aliphatic hydroxyl groups is 1. The molecule has 6 rings (SSSR count). The zero-order valence-electron chi connectivity index (χ0n) is 22.9. The smallest absolute Gasteiger partial charge is 0.301 e. The van der Waals surface area contributed by atoms with Crippen LogP contribution >= 0.6 is 46.3 Å². The molecule has 1 amide bonds. The Balaban J connectivity index is 1.39. The van der Waals surface area contributed by atoms with Crippen LogP contribution in [0, 0.1) is 0 Å². The second-order valence-electron chi connectivity index (χ2n) is 9.57. The molecular formula is C31H23Cl2N3O6S2. The van der Waals surface area contributed by atoms with Gasteiger partial charge >= 0.3 is 5.91 Å². The first-order chi connectivity index (χ1) is 21.3. The van der Waals surface area contributed by atoms with Crippen LogP contribution in [0.1, 0.15) is 22.7 Å². The number of carbonyl (C=O) groups excluding carboxylic acids is 2. The van der Waals surface area contributed by atoms with Crippen molar-refractivity contribution in [2.45, 2.75) is 16.1 Å². The normalized spacial score (nSPS) is 17.1. The molecule has 2 aliphatic rings. The molecule has 1 saturated heterocycles. The average molecular weight is 669 g/mol. The van der Waals surface area contributed by atoms with Crippen LogP contribution in [0.5, 0.6) is 17.2 Å². The number of halogens is 2. The van der Waals surface area contributed by atoms with Gasteiger partial charge in [-0.2, -0.15) is 0 Å². The van der Waals surface area contributed by atoms with E-state index in [0.29, 0.717) is 61.7 Å². The topological polar surface area (TPSA) is 111 Å². The van der Waals surface area contributed by atoms with Gasteiger partial charge in [-0.3, -0.25) is 14.5 Å². The number of amides is 1. The lowest BCUT2D eigenvalue weighted by atomic mass is 9.95. The Morgan fingerprint density at radius 1 is 1.09 bits per heavy atom. The van der Waals surface area contributed by atoms with E-state index in [-0.39, 0.29) is 23.1 Å². The molecule has 224 valence electrons. The van der Waals surface area contributed by atoms with Gasteiger partial charge in [0.25, 0.3) is 5.78 Å². The summed E-state index contributed by atoms with van der Waals surface area (Å²) < 4.78 is 17.5. The molecule has 9 nitrogen and oxygen atoms in total. The van der Waals surface area contributed by atoms with Gasteiger partial charge in [0, 0.05) is 21.4 Å². The summed E-state index contributed by atoms with van der Waals surface area (Å²) >= 11 is 14.9. The van der Waals surface area contributed by atoms with E-state index >= 15 is 0 Å². The predicted molar refractivity (Wildman–Crippen MR) is 170 cm³/mol. The Morgan fingerprint density at radius 2 is 1.91 bits per heavy atom. The minimum Gasteiger partial charge on any atom is -0.507 e. The molecule has 13 heteroatoms. The minimum atomic E-state index is -1.02. The fourth-order valence-corrected chi connectivity index (χ4v) is 7.18. The van der Waals surface area contributed by atoms with E-state index in [1.165, 1.54) is 16.7 Å². The standard InChI is InChI=1S/C31H23Cl2N3O6S2/c1-2-10-40-21-5-3-4-17(13-21)26-25(27(37)18-7-9-23-24(14-18)42-12-11-41-23)28(38)29(39)36(26)30-34-35-31(44-30)43-16-19-6-8-20(32)15-22(19)33/h2-9,13-15,26,37H,1,10-12,16H2/t26-/m1/s1. The van der Waals surface area contributed by atoms with Gasteiger partial charge in [-0.1, -0.05) is 77.2 Å². The number of hydrogen-bond acceptors (Lipinski definition) is 10. The molecule has 1 atom stereocenters. The van der Waals surface area contributed by atoms with Crippen LogP contribution in [0.15, 0.2) is 83.2 Å². The summed E-state index contributed by atoms with van der Waals surface area (Å²) in [6.45, 7) is 4.69. The summed E-state index contributed by atoms with van der Waals surface area (Å²) in [4.78, 5) is 28.5. The molecule has 44 heavy (non-hydrogen) atoms. The number of aromatic nitrogens is 2. The quantitative estimate of drug-likeness (QED) is 0.0499. The highest BCUT2D eigenvalue weighted by Crippen LogP contribution is 2.45. The van der Waals surface area contributed by atoms with E-state index in [9.17, 15) is 14.7 Å². The van der Waals surface area contributed by atoms with Crippen LogP contribution in [0.3, 0.4) is 0 Å². The zero-order chi connectivity index (χ0) is 30.8. The summed E-state index contributed by atoms with van der Waals surface area (Å²) in [5.41, 5.74) is 1.57. The fourth-order valence-electron chi connectivity index (χ4n) is 4.76. The molecular weight excluding hydrogens is 645 g/mol. The molecule has 2 aliphatic heterocycles. The molecule has 1 fully saturated rings. The molecule has 4 aromatic rings. The Bertz CT molecular complexity index is 1810. The zero-order valence-corrected chi connectivity index (χ0v) is 26.0. The number of thioether (sulfide) groups is 1. The van der Waals surface area contributed by atoms with Crippen molar-refractivity contribution in [1.82, 2.24) is 10.2 Å². The lowest BCUT2D eigenvalue weighted by Crippen LogP contribution is -2.29. The van der Waals surface area contributed by atoms with Crippen molar-refractivity contribution >= 4 is 68.9 Å². The number of fused-ring (bicyclic) bond motifs is 1. The number of benzene rings is 3. The van der Waals surface area contributed by atoms with Crippen molar-refractivity contribution in [2.24, 2.45) is 0 Å². The monoisotopic (exact) mass is 667 g/mol. The molecule has 0 aliphatic carbocycles. The molecule has 0 unspecified atom stereocenters. The van der Waals surface area contributed by atoms with Crippen molar-refractivity contribution in [2.75, 3.05) is 24.7 Å². The third-order valence-corrected chi connectivity index (χ3v) is 9.46. The van der Waals surface area contributed by atoms with Crippen LogP contribution < -0.4 is 19.1 Å². The molecule has 0 saturated carbocycles. The van der Waals surface area contributed by atoms with Gasteiger partial charge in [0.15, 0.2) is 15.8 Å². The van der Waals surface area contributed by atoms with Gasteiger partial charge in [-0.15, -0.1) is 10.2 Å². The van der Waals surface area contributed by atoms with Gasteiger partial charge in [-0.25, -0.2) is 0 Å². The van der Waals surface area contributed by atoms with E-state index in [2.05, 4.69) is 16.8 Å². The Hall–Kier alpha value is -4.03. The number of rotatable bonds is 9. The van der Waals surface area contributed by atoms with E-state index in [1.807, 2.05) is 6.07 Å². The van der Waals surface area contributed by atoms with E-state index < -0.39 is 17.7 Å². The largest absolute Gasteiger partial charge is 0.507 e. The predicted octanol–water partition coefficient (Wildman–Crippen LogP) is 7.10. The van der Waals surface area contributed by atoms with Crippen molar-refractivity contribution in [3.05, 3.63) is 106 Å². The average Bonchev–Trinajstić information content (AvgIpc) is 3.60. The number of ketones is 1. The van der Waals surface area contributed by atoms with Gasteiger partial charge in [0.05, 0.1) is 11.6 Å². The molecule has 0 spiro atoms. The van der Waals surface area contributed by atoms with Gasteiger partial charge in [0.2, 0.25) is 5.13 Å². The lowest BCUT2D eigenvalue weighted by Gasteiger charge is -2.23. The molecule has 1 N–H and O–H groups in total. The highest BCUT2D eigenvalue weighted by Gasteiger charge is 2.48. The highest BCUT2D eigenvalue weighted by atomic mass is 35.5. The van der Waals surface area contributed by atoms with E-state index in [1.54, 1.807) is 60.7 Å². The second-order valence-corrected chi connectivity index (χ2v) is 12.6. The van der Waals surface area contributed by atoms with Gasteiger partial charge in [-0.05, 0) is 53.6 Å². The molecule has 0 radical (unpaired) electrons. The first-order valence-electron chi connectivity index (χ1n) is 13.3. The van der Waals surface area contributed by atoms with Crippen molar-refractivity contribution in [3.8, 4) is 17.2 Å². The lowest BCUT2D eigenvalue weighted by molar-refractivity contribution is -0.132. The van der Waals surface area contributed by atoms with Crippen LogP contribution in [0.2, 0.25) is 10.0 Å². The Morgan fingerprint density at radius 3 is 2.70 bits per heavy atom. The van der Waals surface area contributed by atoms with Crippen LogP contribution in [-0.4, -0.2) is 46.8 Å². The first kappa shape index (κ1) is 30.0. The summed E-state index contributed by atoms with van der Waals surface area (Å²) in [7, 11) is 0. The van der Waals surface area contributed by atoms with Crippen molar-refractivity contribution in [1.29, 1.82) is 0 Å². The SMILES string of the molecule is C=CCOc1cccc([C@@H]2C(=C(O)c3ccc4c(c3)OCCO4)C(=O)C(=O)N2c2nnc(SCc3ccc(Cl)cc3Cl)s2)c1. The fraction of sp³-hybridized carbons (Fsp3) is 0.161. The van der Waals surface area contributed by atoms with Crippen molar-refractivity contribution < 1.29 is 28.9 Å². The maximum Gasteiger partial charge on any atom is 0.301 e. The number of ether oxygens (including phenoxy) is 3. The number of carbonyl (C=O) groups is 2. The summed E-state index contributed by atoms with van der Waals surface area (Å²) in [5, 5.41) is 21.3. The maximum atomic E-state index is 13.6. The second kappa shape index (κ2) is 12.9. The molecule has 0 bridgehead atoms. The number of nitrogens with zero attached hydrogens (tertiary/aromatic N) is 3.